The van der Waals surface area contributed by atoms with Crippen LogP contribution in [-0.4, -0.2) is 54.9 Å². The van der Waals surface area contributed by atoms with E-state index in [1.165, 1.54) is 18.4 Å². The van der Waals surface area contributed by atoms with Crippen LogP contribution in [0.5, 0.6) is 0 Å². The molecule has 0 radical (unpaired) electrons. The predicted molar refractivity (Wildman–Crippen MR) is 137 cm³/mol. The van der Waals surface area contributed by atoms with Crippen molar-refractivity contribution >= 4 is 17.5 Å². The summed E-state index contributed by atoms with van der Waals surface area (Å²) in [5.41, 5.74) is 2.37. The van der Waals surface area contributed by atoms with Gasteiger partial charge in [0.1, 0.15) is 0 Å². The van der Waals surface area contributed by atoms with Gasteiger partial charge in [0.15, 0.2) is 0 Å². The fourth-order valence-electron chi connectivity index (χ4n) is 6.13. The molecule has 4 rings (SSSR count). The highest BCUT2D eigenvalue weighted by molar-refractivity contribution is 6.30. The molecule has 4 atom stereocenters. The molecule has 1 saturated heterocycles. The average Bonchev–Trinajstić information content (AvgIpc) is 3.35. The largest absolute Gasteiger partial charge is 0.396 e. The normalized spacial score (nSPS) is 27.5. The Morgan fingerprint density at radius 1 is 1.24 bits per heavy atom. The van der Waals surface area contributed by atoms with Crippen LogP contribution in [0.1, 0.15) is 63.9 Å². The van der Waals surface area contributed by atoms with E-state index in [1.807, 2.05) is 18.3 Å². The number of nitrogens with one attached hydrogen (secondary N) is 3. The Kier molecular flexibility index (Phi) is 8.43. The first-order valence-corrected chi connectivity index (χ1v) is 13.3. The van der Waals surface area contributed by atoms with E-state index in [-0.39, 0.29) is 24.0 Å². The van der Waals surface area contributed by atoms with Gasteiger partial charge in [0.05, 0.1) is 12.7 Å². The van der Waals surface area contributed by atoms with Gasteiger partial charge in [0, 0.05) is 43.0 Å². The lowest BCUT2D eigenvalue weighted by Crippen LogP contribution is -2.54. The smallest absolute Gasteiger partial charge is 0.240 e. The summed E-state index contributed by atoms with van der Waals surface area (Å²) in [4.78, 5) is 15.9. The predicted octanol–water partition coefficient (Wildman–Crippen LogP) is 3.82. The summed E-state index contributed by atoms with van der Waals surface area (Å²) < 4.78 is 0. The SMILES string of the molecule is CC1(C)CN(C(=O)[C@@H](CC2=CNCN2)NCC2CCCC(CO)C2)CCC1c1ccc(Cl)cc1. The van der Waals surface area contributed by atoms with Crippen LogP contribution >= 0.6 is 11.6 Å². The van der Waals surface area contributed by atoms with Crippen LogP contribution in [0.3, 0.4) is 0 Å². The number of nitrogens with zero attached hydrogens (tertiary/aromatic N) is 1. The molecule has 0 spiro atoms. The molecule has 34 heavy (non-hydrogen) atoms. The number of benzene rings is 1. The van der Waals surface area contributed by atoms with Gasteiger partial charge in [-0.25, -0.2) is 0 Å². The number of hydrogen-bond acceptors (Lipinski definition) is 5. The van der Waals surface area contributed by atoms with E-state index in [0.29, 0.717) is 24.2 Å². The lowest BCUT2D eigenvalue weighted by Gasteiger charge is -2.45. The molecule has 6 nitrogen and oxygen atoms in total. The quantitative estimate of drug-likeness (QED) is 0.447. The fourth-order valence-corrected chi connectivity index (χ4v) is 6.25. The summed E-state index contributed by atoms with van der Waals surface area (Å²) in [6.07, 6.45) is 8.12. The molecule has 4 N–H and O–H groups in total. The lowest BCUT2D eigenvalue weighted by atomic mass is 9.70. The zero-order chi connectivity index (χ0) is 24.1. The van der Waals surface area contributed by atoms with E-state index >= 15 is 0 Å². The summed E-state index contributed by atoms with van der Waals surface area (Å²) in [6, 6.07) is 7.95. The molecule has 0 aromatic heterocycles. The third-order valence-corrected chi connectivity index (χ3v) is 8.28. The Hall–Kier alpha value is -1.76. The van der Waals surface area contributed by atoms with Crippen LogP contribution in [0.2, 0.25) is 5.02 Å². The van der Waals surface area contributed by atoms with Gasteiger partial charge in [-0.1, -0.05) is 44.0 Å². The molecule has 1 aromatic rings. The van der Waals surface area contributed by atoms with Crippen molar-refractivity contribution in [3.8, 4) is 0 Å². The van der Waals surface area contributed by atoms with E-state index in [0.717, 1.165) is 56.3 Å². The van der Waals surface area contributed by atoms with E-state index in [2.05, 4.69) is 46.8 Å². The zero-order valence-electron chi connectivity index (χ0n) is 20.7. The second kappa shape index (κ2) is 11.3. The summed E-state index contributed by atoms with van der Waals surface area (Å²) in [6.45, 7) is 7.90. The third-order valence-electron chi connectivity index (χ3n) is 8.03. The van der Waals surface area contributed by atoms with Crippen molar-refractivity contribution in [2.75, 3.05) is 32.9 Å². The molecule has 1 aliphatic carbocycles. The molecular formula is C27H41ClN4O2. The molecule has 188 valence electrons. The van der Waals surface area contributed by atoms with Crippen LogP contribution in [0.4, 0.5) is 0 Å². The second-order valence-corrected chi connectivity index (χ2v) is 11.6. The van der Waals surface area contributed by atoms with Crippen LogP contribution in [0.25, 0.3) is 0 Å². The molecule has 3 aliphatic rings. The van der Waals surface area contributed by atoms with Crippen molar-refractivity contribution in [1.29, 1.82) is 0 Å². The number of amides is 1. The van der Waals surface area contributed by atoms with Gasteiger partial charge in [-0.15, -0.1) is 0 Å². The molecule has 1 aromatic carbocycles. The Balaban J connectivity index is 1.41. The Bertz CT molecular complexity index is 857. The minimum atomic E-state index is -0.240. The van der Waals surface area contributed by atoms with E-state index < -0.39 is 0 Å². The van der Waals surface area contributed by atoms with Crippen LogP contribution < -0.4 is 16.0 Å². The number of aliphatic hydroxyl groups excluding tert-OH is 1. The number of aliphatic hydroxyl groups is 1. The average molecular weight is 489 g/mol. The van der Waals surface area contributed by atoms with Crippen molar-refractivity contribution < 1.29 is 9.90 Å². The number of carbonyl (C=O) groups excluding carboxylic acids is 1. The molecular weight excluding hydrogens is 448 g/mol. The topological polar surface area (TPSA) is 76.6 Å². The van der Waals surface area contributed by atoms with Gasteiger partial charge in [0.25, 0.3) is 0 Å². The monoisotopic (exact) mass is 488 g/mol. The van der Waals surface area contributed by atoms with Gasteiger partial charge in [-0.05, 0) is 73.1 Å². The van der Waals surface area contributed by atoms with Crippen LogP contribution in [0, 0.1) is 17.3 Å². The molecule has 1 amide bonds. The number of halogens is 1. The number of hydrogen-bond donors (Lipinski definition) is 4. The highest BCUT2D eigenvalue weighted by Gasteiger charge is 2.40. The van der Waals surface area contributed by atoms with E-state index in [4.69, 9.17) is 11.6 Å². The molecule has 3 unspecified atom stereocenters. The van der Waals surface area contributed by atoms with Gasteiger partial charge >= 0.3 is 0 Å². The number of rotatable bonds is 8. The van der Waals surface area contributed by atoms with Crippen molar-refractivity contribution in [3.63, 3.8) is 0 Å². The maximum atomic E-state index is 13.8. The summed E-state index contributed by atoms with van der Waals surface area (Å²) >= 11 is 6.11. The van der Waals surface area contributed by atoms with Gasteiger partial charge in [-0.3, -0.25) is 4.79 Å². The lowest BCUT2D eigenvalue weighted by molar-refractivity contribution is -0.137. The van der Waals surface area contributed by atoms with E-state index in [9.17, 15) is 9.90 Å². The Morgan fingerprint density at radius 2 is 2.00 bits per heavy atom. The maximum Gasteiger partial charge on any atom is 0.240 e. The molecule has 7 heteroatoms. The molecule has 0 bridgehead atoms. The third kappa shape index (κ3) is 6.27. The standard InChI is InChI=1S/C27H41ClN4O2/c1-27(2)17-32(11-10-24(27)21-6-8-22(28)9-7-21)26(34)25(13-23-15-29-18-31-23)30-14-19-4-3-5-20(12-19)16-33/h6-9,15,19-20,24-25,29-31,33H,3-5,10-14,16-18H2,1-2H3/t19?,20?,24?,25-/m1/s1. The zero-order valence-corrected chi connectivity index (χ0v) is 21.4. The summed E-state index contributed by atoms with van der Waals surface area (Å²) in [5.74, 6) is 1.54. The van der Waals surface area contributed by atoms with Crippen molar-refractivity contribution in [2.24, 2.45) is 17.3 Å². The minimum Gasteiger partial charge on any atom is -0.396 e. The molecule has 2 fully saturated rings. The van der Waals surface area contributed by atoms with Crippen molar-refractivity contribution in [2.45, 2.75) is 64.3 Å². The fraction of sp³-hybridized carbons (Fsp3) is 0.667. The molecule has 2 aliphatic heterocycles. The van der Waals surface area contributed by atoms with E-state index in [1.54, 1.807) is 0 Å². The van der Waals surface area contributed by atoms with Crippen molar-refractivity contribution in [3.05, 3.63) is 46.7 Å². The summed E-state index contributed by atoms with van der Waals surface area (Å²) in [7, 11) is 0. The second-order valence-electron chi connectivity index (χ2n) is 11.1. The number of likely N-dealkylation sites (tertiary alicyclic amines) is 1. The molecule has 1 saturated carbocycles. The Morgan fingerprint density at radius 3 is 2.68 bits per heavy atom. The minimum absolute atomic E-state index is 0.0174. The van der Waals surface area contributed by atoms with Crippen LogP contribution in [0.15, 0.2) is 36.2 Å². The highest BCUT2D eigenvalue weighted by Crippen LogP contribution is 2.42. The first-order chi connectivity index (χ1) is 16.4. The maximum absolute atomic E-state index is 13.8. The highest BCUT2D eigenvalue weighted by atomic mass is 35.5. The summed E-state index contributed by atoms with van der Waals surface area (Å²) in [5, 5.41) is 20.5. The van der Waals surface area contributed by atoms with Gasteiger partial charge in [-0.2, -0.15) is 0 Å². The van der Waals surface area contributed by atoms with Gasteiger partial charge in [0.2, 0.25) is 5.91 Å². The van der Waals surface area contributed by atoms with Gasteiger partial charge < -0.3 is 26.0 Å². The number of carbonyl (C=O) groups is 1. The first-order valence-electron chi connectivity index (χ1n) is 12.9. The van der Waals surface area contributed by atoms with Crippen molar-refractivity contribution in [1.82, 2.24) is 20.9 Å². The Labute approximate surface area is 209 Å². The first kappa shape index (κ1) is 25.3. The van der Waals surface area contributed by atoms with Crippen LogP contribution in [-0.2, 0) is 4.79 Å². The number of piperidine rings is 1. The molecule has 2 heterocycles.